The van der Waals surface area contributed by atoms with Crippen molar-refractivity contribution in [2.45, 2.75) is 83.5 Å². The highest BCUT2D eigenvalue weighted by Crippen LogP contribution is 2.13. The van der Waals surface area contributed by atoms with Gasteiger partial charge in [-0.3, -0.25) is 4.79 Å². The summed E-state index contributed by atoms with van der Waals surface area (Å²) in [5, 5.41) is 2.96. The minimum absolute atomic E-state index is 0.179. The molecule has 1 heterocycles. The molecule has 0 unspecified atom stereocenters. The Hall–Kier alpha value is -0.610. The Labute approximate surface area is 143 Å². The van der Waals surface area contributed by atoms with Gasteiger partial charge in [0.1, 0.15) is 0 Å². The molecule has 0 saturated carbocycles. The molecular formula is C19H39N3O. The number of hydrogen-bond donors (Lipinski definition) is 2. The molecule has 1 fully saturated rings. The Morgan fingerprint density at radius 1 is 0.826 bits per heavy atom. The van der Waals surface area contributed by atoms with Crippen LogP contribution in [0.3, 0.4) is 0 Å². The smallest absolute Gasteiger partial charge is 0.221 e. The van der Waals surface area contributed by atoms with Crippen LogP contribution in [0.4, 0.5) is 0 Å². The summed E-state index contributed by atoms with van der Waals surface area (Å²) in [7, 11) is 0. The molecule has 136 valence electrons. The summed E-state index contributed by atoms with van der Waals surface area (Å²) in [4.78, 5) is 14.4. The normalized spacial score (nSPS) is 19.9. The van der Waals surface area contributed by atoms with Gasteiger partial charge in [0.25, 0.3) is 0 Å². The Morgan fingerprint density at radius 3 is 1.78 bits per heavy atom. The average molecular weight is 326 g/mol. The molecular weight excluding hydrogens is 286 g/mol. The Bertz CT molecular complexity index is 270. The maximum absolute atomic E-state index is 11.8. The summed E-state index contributed by atoms with van der Waals surface area (Å²) >= 11 is 0. The third-order valence-electron chi connectivity index (χ3n) is 4.81. The number of amides is 1. The van der Waals surface area contributed by atoms with E-state index in [1.165, 1.54) is 70.6 Å². The van der Waals surface area contributed by atoms with Crippen LogP contribution in [0.2, 0.25) is 0 Å². The van der Waals surface area contributed by atoms with Crippen molar-refractivity contribution in [1.29, 1.82) is 0 Å². The molecule has 0 aromatic rings. The van der Waals surface area contributed by atoms with Crippen LogP contribution in [0.1, 0.15) is 83.5 Å². The summed E-state index contributed by atoms with van der Waals surface area (Å²) in [5.74, 6) is 0.179. The van der Waals surface area contributed by atoms with Crippen LogP contribution in [0, 0.1) is 0 Å². The first-order chi connectivity index (χ1) is 11.3. The number of hydrogen-bond acceptors (Lipinski definition) is 3. The van der Waals surface area contributed by atoms with Gasteiger partial charge in [-0.05, 0) is 38.9 Å². The minimum Gasteiger partial charge on any atom is -0.356 e. The van der Waals surface area contributed by atoms with Crippen molar-refractivity contribution >= 4 is 5.91 Å². The van der Waals surface area contributed by atoms with Gasteiger partial charge >= 0.3 is 0 Å². The van der Waals surface area contributed by atoms with Gasteiger partial charge in [-0.2, -0.15) is 0 Å². The molecule has 1 saturated heterocycles. The molecule has 0 bridgehead atoms. The van der Waals surface area contributed by atoms with E-state index >= 15 is 0 Å². The fourth-order valence-electron chi connectivity index (χ4n) is 3.28. The summed E-state index contributed by atoms with van der Waals surface area (Å²) in [5.41, 5.74) is 5.45. The van der Waals surface area contributed by atoms with Gasteiger partial charge in [0.2, 0.25) is 5.91 Å². The van der Waals surface area contributed by atoms with E-state index < -0.39 is 0 Å². The maximum Gasteiger partial charge on any atom is 0.221 e. The average Bonchev–Trinajstić information content (AvgIpc) is 2.56. The van der Waals surface area contributed by atoms with Crippen LogP contribution >= 0.6 is 0 Å². The van der Waals surface area contributed by atoms with E-state index in [0.29, 0.717) is 13.0 Å². The summed E-state index contributed by atoms with van der Waals surface area (Å²) in [6.45, 7) is 4.60. The van der Waals surface area contributed by atoms with E-state index in [0.717, 1.165) is 32.6 Å². The predicted molar refractivity (Wildman–Crippen MR) is 98.5 cm³/mol. The number of nitrogens with two attached hydrogens (primary N) is 1. The van der Waals surface area contributed by atoms with Crippen LogP contribution in [0.15, 0.2) is 0 Å². The van der Waals surface area contributed by atoms with Crippen LogP contribution < -0.4 is 11.1 Å². The molecule has 4 nitrogen and oxygen atoms in total. The standard InChI is InChI=1S/C19H39N3O/c20-14-12-15-21-19(23)13-18-22-16-10-8-6-4-2-1-3-5-7-9-11-17-22/h1-18,20H2,(H,21,23). The molecule has 0 spiro atoms. The molecule has 1 amide bonds. The highest BCUT2D eigenvalue weighted by molar-refractivity contribution is 5.75. The first-order valence-corrected chi connectivity index (χ1v) is 10.0. The second-order valence-electron chi connectivity index (χ2n) is 6.97. The second-order valence-corrected chi connectivity index (χ2v) is 6.97. The zero-order valence-corrected chi connectivity index (χ0v) is 15.2. The number of nitrogens with one attached hydrogen (secondary N) is 1. The molecule has 0 aromatic carbocycles. The van der Waals surface area contributed by atoms with Crippen molar-refractivity contribution in [3.63, 3.8) is 0 Å². The predicted octanol–water partition coefficient (Wildman–Crippen LogP) is 3.45. The van der Waals surface area contributed by atoms with E-state index in [1.807, 2.05) is 0 Å². The van der Waals surface area contributed by atoms with Crippen molar-refractivity contribution in [2.75, 3.05) is 32.7 Å². The van der Waals surface area contributed by atoms with Crippen LogP contribution in [-0.2, 0) is 4.79 Å². The van der Waals surface area contributed by atoms with E-state index in [2.05, 4.69) is 10.2 Å². The van der Waals surface area contributed by atoms with Gasteiger partial charge in [0.15, 0.2) is 0 Å². The molecule has 3 N–H and O–H groups in total. The van der Waals surface area contributed by atoms with Crippen LogP contribution in [0.5, 0.6) is 0 Å². The SMILES string of the molecule is NCCCNC(=O)CCN1CCCCCCCCCCCCC1. The maximum atomic E-state index is 11.8. The lowest BCUT2D eigenvalue weighted by molar-refractivity contribution is -0.121. The number of rotatable bonds is 6. The van der Waals surface area contributed by atoms with E-state index in [9.17, 15) is 4.79 Å². The fraction of sp³-hybridized carbons (Fsp3) is 0.947. The number of carbonyl (C=O) groups excluding carboxylic acids is 1. The van der Waals surface area contributed by atoms with Crippen molar-refractivity contribution in [2.24, 2.45) is 5.73 Å². The third-order valence-corrected chi connectivity index (χ3v) is 4.81. The van der Waals surface area contributed by atoms with E-state index in [-0.39, 0.29) is 5.91 Å². The highest BCUT2D eigenvalue weighted by atomic mass is 16.1. The highest BCUT2D eigenvalue weighted by Gasteiger charge is 2.08. The fourth-order valence-corrected chi connectivity index (χ4v) is 3.28. The second kappa shape index (κ2) is 14.9. The lowest BCUT2D eigenvalue weighted by Gasteiger charge is -2.22. The first kappa shape index (κ1) is 20.4. The lowest BCUT2D eigenvalue weighted by Crippen LogP contribution is -2.33. The summed E-state index contributed by atoms with van der Waals surface area (Å²) in [6, 6.07) is 0. The number of carbonyl (C=O) groups is 1. The summed E-state index contributed by atoms with van der Waals surface area (Å²) < 4.78 is 0. The first-order valence-electron chi connectivity index (χ1n) is 10.0. The summed E-state index contributed by atoms with van der Waals surface area (Å²) in [6.07, 6.45) is 16.6. The quantitative estimate of drug-likeness (QED) is 0.735. The van der Waals surface area contributed by atoms with Crippen molar-refractivity contribution in [3.8, 4) is 0 Å². The van der Waals surface area contributed by atoms with Gasteiger partial charge in [-0.1, -0.05) is 57.8 Å². The van der Waals surface area contributed by atoms with Gasteiger partial charge in [-0.25, -0.2) is 0 Å². The lowest BCUT2D eigenvalue weighted by atomic mass is 10.0. The molecule has 0 aromatic heterocycles. The molecule has 1 rings (SSSR count). The van der Waals surface area contributed by atoms with Gasteiger partial charge in [0, 0.05) is 19.5 Å². The van der Waals surface area contributed by atoms with Gasteiger partial charge in [-0.15, -0.1) is 0 Å². The molecule has 0 radical (unpaired) electrons. The Balaban J connectivity index is 2.23. The van der Waals surface area contributed by atoms with Crippen molar-refractivity contribution in [1.82, 2.24) is 10.2 Å². The topological polar surface area (TPSA) is 58.4 Å². The van der Waals surface area contributed by atoms with Crippen molar-refractivity contribution < 1.29 is 4.79 Å². The third kappa shape index (κ3) is 12.5. The molecule has 0 aliphatic carbocycles. The minimum atomic E-state index is 0.179. The largest absolute Gasteiger partial charge is 0.356 e. The van der Waals surface area contributed by atoms with E-state index in [4.69, 9.17) is 5.73 Å². The molecule has 4 heteroatoms. The van der Waals surface area contributed by atoms with E-state index in [1.54, 1.807) is 0 Å². The zero-order valence-electron chi connectivity index (χ0n) is 15.2. The van der Waals surface area contributed by atoms with Crippen LogP contribution in [-0.4, -0.2) is 43.5 Å². The Kier molecular flexibility index (Phi) is 13.3. The Morgan fingerprint density at radius 2 is 1.30 bits per heavy atom. The monoisotopic (exact) mass is 325 g/mol. The molecule has 23 heavy (non-hydrogen) atoms. The molecule has 1 aliphatic heterocycles. The molecule has 1 aliphatic rings. The molecule has 0 atom stereocenters. The van der Waals surface area contributed by atoms with Gasteiger partial charge < -0.3 is 16.0 Å². The number of nitrogens with zero attached hydrogens (tertiary/aromatic N) is 1. The van der Waals surface area contributed by atoms with Gasteiger partial charge in [0.05, 0.1) is 0 Å². The van der Waals surface area contributed by atoms with Crippen LogP contribution in [0.25, 0.3) is 0 Å². The van der Waals surface area contributed by atoms with Crippen molar-refractivity contribution in [3.05, 3.63) is 0 Å². The zero-order chi connectivity index (χ0) is 16.6.